The van der Waals surface area contributed by atoms with E-state index in [4.69, 9.17) is 10.7 Å². The largest absolute Gasteiger partial charge is 0.398 e. The molecule has 0 aliphatic heterocycles. The lowest BCUT2D eigenvalue weighted by atomic mass is 9.93. The van der Waals surface area contributed by atoms with Gasteiger partial charge >= 0.3 is 0 Å². The summed E-state index contributed by atoms with van der Waals surface area (Å²) >= 11 is 0. The summed E-state index contributed by atoms with van der Waals surface area (Å²) < 4.78 is 2.45. The van der Waals surface area contributed by atoms with Crippen LogP contribution in [0, 0.1) is 0 Å². The highest BCUT2D eigenvalue weighted by molar-refractivity contribution is 6.14. The minimum atomic E-state index is -0.0838. The normalized spacial score (nSPS) is 13.4. The smallest absolute Gasteiger partial charge is 0.0728 e. The molecule has 0 saturated heterocycles. The van der Waals surface area contributed by atoms with E-state index in [0.29, 0.717) is 5.70 Å². The van der Waals surface area contributed by atoms with Crippen molar-refractivity contribution in [2.75, 3.05) is 0 Å². The number of nitrogens with two attached hydrogens (primary N) is 1. The maximum atomic E-state index is 7.12. The maximum absolute atomic E-state index is 7.12. The van der Waals surface area contributed by atoms with Crippen LogP contribution in [-0.4, -0.2) is 15.3 Å². The van der Waals surface area contributed by atoms with Gasteiger partial charge in [0.1, 0.15) is 0 Å². The topological polar surface area (TPSA) is 59.1 Å². The minimum absolute atomic E-state index is 0.0838. The van der Waals surface area contributed by atoms with Crippen molar-refractivity contribution < 1.29 is 0 Å². The fourth-order valence-electron chi connectivity index (χ4n) is 10.1. The second-order valence-corrected chi connectivity index (χ2v) is 17.3. The van der Waals surface area contributed by atoms with Crippen LogP contribution in [-0.2, 0) is 6.42 Å². The molecule has 0 amide bonds. The first kappa shape index (κ1) is 39.1. The molecule has 0 radical (unpaired) electrons. The monoisotopic (exact) mass is 846 g/mol. The number of para-hydroxylation sites is 3. The first-order chi connectivity index (χ1) is 32.6. The lowest BCUT2D eigenvalue weighted by Gasteiger charge is -2.16. The summed E-state index contributed by atoms with van der Waals surface area (Å²) in [6, 6.07) is 76.0. The Labute approximate surface area is 384 Å². The average molecular weight is 847 g/mol. The predicted molar refractivity (Wildman–Crippen MR) is 278 cm³/mol. The minimum Gasteiger partial charge on any atom is -0.398 e. The molecule has 0 spiro atoms. The van der Waals surface area contributed by atoms with Crippen molar-refractivity contribution in [1.82, 2.24) is 9.55 Å². The number of H-pyrrole nitrogens is 1. The van der Waals surface area contributed by atoms with E-state index in [2.05, 4.69) is 229 Å². The third-order valence-electron chi connectivity index (χ3n) is 13.4. The van der Waals surface area contributed by atoms with Crippen LogP contribution in [0.5, 0.6) is 0 Å². The molecule has 1 unspecified atom stereocenters. The standard InChI is InChI=1S/C62H46N4/c1-40(41-15-4-2-5-16-41)64-58(45-29-27-43(28-30-45)51-23-14-24-53-52-21-10-12-25-57(52)65-61(51)53)39-56(63)44-31-34-49(35-32-44)66-59-26-13-11-22-54(59)60-50(42-17-6-3-7-18-42)36-33-48-37-46-19-8-9-20-47(46)38-55(48)62(60)66/h2-32,34-40,65H,33,63H2,1H3/b56-39-,64-58?. The fourth-order valence-corrected chi connectivity index (χ4v) is 10.1. The molecule has 0 saturated carbocycles. The van der Waals surface area contributed by atoms with Crippen molar-refractivity contribution in [2.24, 2.45) is 10.7 Å². The highest BCUT2D eigenvalue weighted by Crippen LogP contribution is 2.46. The van der Waals surface area contributed by atoms with Crippen LogP contribution in [0.15, 0.2) is 229 Å². The molecule has 314 valence electrons. The number of nitrogens with one attached hydrogen (secondary N) is 1. The summed E-state index contributed by atoms with van der Waals surface area (Å²) in [7, 11) is 0. The van der Waals surface area contributed by atoms with Crippen LogP contribution in [0.1, 0.15) is 46.3 Å². The highest BCUT2D eigenvalue weighted by Gasteiger charge is 2.27. The number of aromatic amines is 1. The molecular formula is C62H46N4. The zero-order valence-corrected chi connectivity index (χ0v) is 36.6. The van der Waals surface area contributed by atoms with Gasteiger partial charge in [-0.25, -0.2) is 0 Å². The Morgan fingerprint density at radius 2 is 1.24 bits per heavy atom. The second kappa shape index (κ2) is 16.3. The van der Waals surface area contributed by atoms with Gasteiger partial charge in [-0.3, -0.25) is 4.99 Å². The quantitative estimate of drug-likeness (QED) is 0.147. The van der Waals surface area contributed by atoms with Crippen molar-refractivity contribution >= 4 is 60.5 Å². The van der Waals surface area contributed by atoms with Gasteiger partial charge in [0, 0.05) is 49.8 Å². The first-order valence-corrected chi connectivity index (χ1v) is 22.8. The Hall–Kier alpha value is -8.47. The van der Waals surface area contributed by atoms with Gasteiger partial charge < -0.3 is 15.3 Å². The number of rotatable bonds is 8. The van der Waals surface area contributed by atoms with Gasteiger partial charge in [0.2, 0.25) is 0 Å². The predicted octanol–water partition coefficient (Wildman–Crippen LogP) is 15.3. The summed E-state index contributed by atoms with van der Waals surface area (Å²) in [5.41, 5.74) is 26.0. The van der Waals surface area contributed by atoms with E-state index < -0.39 is 0 Å². The van der Waals surface area contributed by atoms with Gasteiger partial charge in [0.25, 0.3) is 0 Å². The summed E-state index contributed by atoms with van der Waals surface area (Å²) in [5.74, 6) is 0. The van der Waals surface area contributed by atoms with E-state index in [1.54, 1.807) is 0 Å². The average Bonchev–Trinajstić information content (AvgIpc) is 3.88. The van der Waals surface area contributed by atoms with Gasteiger partial charge in [-0.05, 0) is 99.5 Å². The van der Waals surface area contributed by atoms with Crippen LogP contribution in [0.3, 0.4) is 0 Å². The second-order valence-electron chi connectivity index (χ2n) is 17.3. The van der Waals surface area contributed by atoms with E-state index >= 15 is 0 Å². The molecule has 12 rings (SSSR count). The Morgan fingerprint density at radius 3 is 2.03 bits per heavy atom. The molecule has 0 fully saturated rings. The number of fused-ring (bicyclic) bond motifs is 9. The van der Waals surface area contributed by atoms with Crippen LogP contribution in [0.25, 0.3) is 82.8 Å². The van der Waals surface area contributed by atoms with Gasteiger partial charge in [-0.15, -0.1) is 0 Å². The molecule has 2 heterocycles. The SMILES string of the molecule is CC(N=C(/C=C(\N)c1ccc(-n2c3c(c4ccccc42)C(c2ccccc2)=CCc2cc4ccccc4cc2-3)cc1)c1ccc(-c2cccc3c2[nH]c2ccccc23)cc1)c1ccccc1. The van der Waals surface area contributed by atoms with Crippen LogP contribution in [0.2, 0.25) is 0 Å². The Morgan fingerprint density at radius 1 is 0.591 bits per heavy atom. The van der Waals surface area contributed by atoms with Gasteiger partial charge in [-0.1, -0.05) is 188 Å². The number of benzene rings is 9. The Balaban J connectivity index is 0.956. The van der Waals surface area contributed by atoms with Crippen molar-refractivity contribution in [1.29, 1.82) is 0 Å². The summed E-state index contributed by atoms with van der Waals surface area (Å²) in [6.45, 7) is 2.14. The lowest BCUT2D eigenvalue weighted by molar-refractivity contribution is 0.822. The molecule has 1 atom stereocenters. The first-order valence-electron chi connectivity index (χ1n) is 22.8. The van der Waals surface area contributed by atoms with E-state index in [-0.39, 0.29) is 6.04 Å². The third-order valence-corrected chi connectivity index (χ3v) is 13.4. The number of aliphatic imine (C=N–C) groups is 1. The van der Waals surface area contributed by atoms with Crippen molar-refractivity contribution in [3.8, 4) is 28.1 Å². The zero-order chi connectivity index (χ0) is 44.1. The molecule has 0 bridgehead atoms. The van der Waals surface area contributed by atoms with E-state index in [9.17, 15) is 0 Å². The Kier molecular flexibility index (Phi) is 9.65. The molecule has 1 aliphatic carbocycles. The molecule has 66 heavy (non-hydrogen) atoms. The molecule has 9 aromatic carbocycles. The highest BCUT2D eigenvalue weighted by atomic mass is 15.0. The summed E-state index contributed by atoms with van der Waals surface area (Å²) in [6.07, 6.45) is 5.30. The van der Waals surface area contributed by atoms with Crippen LogP contribution in [0.4, 0.5) is 0 Å². The molecule has 11 aromatic rings. The number of aromatic nitrogens is 2. The molecule has 3 N–H and O–H groups in total. The molecule has 1 aliphatic rings. The van der Waals surface area contributed by atoms with Gasteiger partial charge in [0.05, 0.1) is 28.5 Å². The van der Waals surface area contributed by atoms with Crippen molar-refractivity contribution in [2.45, 2.75) is 19.4 Å². The van der Waals surface area contributed by atoms with E-state index in [1.165, 1.54) is 60.5 Å². The molecular weight excluding hydrogens is 801 g/mol. The maximum Gasteiger partial charge on any atom is 0.0728 e. The van der Waals surface area contributed by atoms with Crippen LogP contribution >= 0.6 is 0 Å². The lowest BCUT2D eigenvalue weighted by Crippen LogP contribution is -2.06. The van der Waals surface area contributed by atoms with E-state index in [0.717, 1.165) is 62.2 Å². The zero-order valence-electron chi connectivity index (χ0n) is 36.6. The van der Waals surface area contributed by atoms with Crippen LogP contribution < -0.4 is 5.73 Å². The fraction of sp³-hybridized carbons (Fsp3) is 0.0484. The van der Waals surface area contributed by atoms with Crippen molar-refractivity contribution in [3.63, 3.8) is 0 Å². The number of hydrogen-bond acceptors (Lipinski definition) is 2. The summed E-state index contributed by atoms with van der Waals surface area (Å²) in [5, 5.41) is 6.16. The van der Waals surface area contributed by atoms with Gasteiger partial charge in [-0.2, -0.15) is 0 Å². The van der Waals surface area contributed by atoms with Gasteiger partial charge in [0.15, 0.2) is 0 Å². The van der Waals surface area contributed by atoms with E-state index in [1.807, 2.05) is 12.1 Å². The molecule has 4 nitrogen and oxygen atoms in total. The summed E-state index contributed by atoms with van der Waals surface area (Å²) in [4.78, 5) is 9.01. The molecule has 4 heteroatoms. The number of hydrogen-bond donors (Lipinski definition) is 2. The number of allylic oxidation sites excluding steroid dienone is 2. The third kappa shape index (κ3) is 6.83. The Bertz CT molecular complexity index is 3720. The number of nitrogens with zero attached hydrogens (tertiary/aromatic N) is 2. The van der Waals surface area contributed by atoms with Crippen molar-refractivity contribution in [3.05, 3.63) is 258 Å². The molecule has 2 aromatic heterocycles.